The van der Waals surface area contributed by atoms with Crippen molar-refractivity contribution in [3.8, 4) is 16.9 Å². The number of para-hydroxylation sites is 1. The molecule has 1 atom stereocenters. The first-order valence-electron chi connectivity index (χ1n) is 9.12. The summed E-state index contributed by atoms with van der Waals surface area (Å²) < 4.78 is 7.81. The highest BCUT2D eigenvalue weighted by Crippen LogP contribution is 2.29. The molecule has 27 heavy (non-hydrogen) atoms. The van der Waals surface area contributed by atoms with Crippen LogP contribution in [-0.4, -0.2) is 40.3 Å². The van der Waals surface area contributed by atoms with Crippen LogP contribution < -0.4 is 4.74 Å². The van der Waals surface area contributed by atoms with Crippen molar-refractivity contribution in [2.45, 2.75) is 19.4 Å². The molecule has 0 aliphatic carbocycles. The SMILES string of the molecule is Cc1c(-c2cccc(C(=O)N(C)C[C@@H]3Cc4ccccc4O3)c2)cnn1C. The van der Waals surface area contributed by atoms with Crippen molar-refractivity contribution in [3.05, 3.63) is 71.5 Å². The predicted octanol–water partition coefficient (Wildman–Crippen LogP) is 3.47. The van der Waals surface area contributed by atoms with Crippen molar-refractivity contribution in [2.75, 3.05) is 13.6 Å². The Labute approximate surface area is 159 Å². The number of carbonyl (C=O) groups is 1. The van der Waals surface area contributed by atoms with Crippen molar-refractivity contribution in [1.82, 2.24) is 14.7 Å². The second-order valence-corrected chi connectivity index (χ2v) is 7.09. The van der Waals surface area contributed by atoms with Crippen molar-refractivity contribution in [3.63, 3.8) is 0 Å². The lowest BCUT2D eigenvalue weighted by Gasteiger charge is -2.21. The van der Waals surface area contributed by atoms with Gasteiger partial charge in [0.1, 0.15) is 11.9 Å². The number of benzene rings is 2. The number of hydrogen-bond donors (Lipinski definition) is 0. The van der Waals surface area contributed by atoms with E-state index in [0.717, 1.165) is 29.0 Å². The molecule has 0 N–H and O–H groups in total. The minimum absolute atomic E-state index is 0.0000930. The second kappa shape index (κ2) is 6.91. The number of hydrogen-bond acceptors (Lipinski definition) is 3. The van der Waals surface area contributed by atoms with E-state index in [-0.39, 0.29) is 12.0 Å². The molecular formula is C22H23N3O2. The Hall–Kier alpha value is -3.08. The molecule has 5 heteroatoms. The minimum atomic E-state index is -0.00190. The monoisotopic (exact) mass is 361 g/mol. The number of aryl methyl sites for hydroxylation is 1. The molecule has 1 amide bonds. The Morgan fingerprint density at radius 3 is 2.81 bits per heavy atom. The third-order valence-electron chi connectivity index (χ3n) is 5.19. The van der Waals surface area contributed by atoms with Gasteiger partial charge in [0.2, 0.25) is 0 Å². The standard InChI is InChI=1S/C22H23N3O2/c1-15-20(13-23-25(15)3)16-8-6-9-18(11-16)22(26)24(2)14-19-12-17-7-4-5-10-21(17)27-19/h4-11,13,19H,12,14H2,1-3H3/t19-/m0/s1. The highest BCUT2D eigenvalue weighted by molar-refractivity contribution is 5.95. The molecule has 0 radical (unpaired) electrons. The van der Waals surface area contributed by atoms with Gasteiger partial charge in [-0.05, 0) is 36.2 Å². The zero-order valence-corrected chi connectivity index (χ0v) is 15.8. The first kappa shape index (κ1) is 17.3. The number of ether oxygens (including phenoxy) is 1. The Balaban J connectivity index is 1.48. The van der Waals surface area contributed by atoms with E-state index in [9.17, 15) is 4.79 Å². The maximum Gasteiger partial charge on any atom is 0.253 e. The number of aromatic nitrogens is 2. The van der Waals surface area contributed by atoms with E-state index in [1.165, 1.54) is 5.56 Å². The Kier molecular flexibility index (Phi) is 4.44. The summed E-state index contributed by atoms with van der Waals surface area (Å²) in [6.45, 7) is 2.59. The number of carbonyl (C=O) groups excluding carboxylic acids is 1. The number of rotatable bonds is 4. The normalized spacial score (nSPS) is 15.3. The number of likely N-dealkylation sites (N-methyl/N-ethyl adjacent to an activating group) is 1. The average molecular weight is 361 g/mol. The van der Waals surface area contributed by atoms with Crippen LogP contribution in [0.25, 0.3) is 11.1 Å². The van der Waals surface area contributed by atoms with E-state index in [0.29, 0.717) is 12.1 Å². The predicted molar refractivity (Wildman–Crippen MR) is 105 cm³/mol. The van der Waals surface area contributed by atoms with Gasteiger partial charge in [-0.1, -0.05) is 30.3 Å². The highest BCUT2D eigenvalue weighted by Gasteiger charge is 2.25. The van der Waals surface area contributed by atoms with Gasteiger partial charge in [-0.3, -0.25) is 9.48 Å². The largest absolute Gasteiger partial charge is 0.488 e. The summed E-state index contributed by atoms with van der Waals surface area (Å²) in [7, 11) is 3.75. The molecule has 2 aromatic carbocycles. The van der Waals surface area contributed by atoms with Gasteiger partial charge >= 0.3 is 0 Å². The molecule has 0 unspecified atom stereocenters. The third-order valence-corrected chi connectivity index (χ3v) is 5.19. The van der Waals surface area contributed by atoms with Gasteiger partial charge in [0.15, 0.2) is 0 Å². The van der Waals surface area contributed by atoms with E-state index in [1.54, 1.807) is 4.90 Å². The fraction of sp³-hybridized carbons (Fsp3) is 0.273. The van der Waals surface area contributed by atoms with Gasteiger partial charge < -0.3 is 9.64 Å². The molecule has 4 rings (SSSR count). The second-order valence-electron chi connectivity index (χ2n) is 7.09. The fourth-order valence-electron chi connectivity index (χ4n) is 3.57. The van der Waals surface area contributed by atoms with Crippen LogP contribution in [0.2, 0.25) is 0 Å². The quantitative estimate of drug-likeness (QED) is 0.715. The molecule has 1 aliphatic rings. The summed E-state index contributed by atoms with van der Waals surface area (Å²) in [5, 5.41) is 4.30. The van der Waals surface area contributed by atoms with Crippen LogP contribution in [0.4, 0.5) is 0 Å². The van der Waals surface area contributed by atoms with Crippen LogP contribution in [0, 0.1) is 6.92 Å². The first-order valence-corrected chi connectivity index (χ1v) is 9.12. The number of amides is 1. The summed E-state index contributed by atoms with van der Waals surface area (Å²) in [6.07, 6.45) is 2.68. The Bertz CT molecular complexity index is 968. The van der Waals surface area contributed by atoms with Crippen molar-refractivity contribution >= 4 is 5.91 Å². The molecule has 0 fully saturated rings. The molecule has 1 aromatic heterocycles. The van der Waals surface area contributed by atoms with Crippen molar-refractivity contribution in [1.29, 1.82) is 0 Å². The summed E-state index contributed by atoms with van der Waals surface area (Å²) in [5.74, 6) is 0.926. The van der Waals surface area contributed by atoms with E-state index in [2.05, 4.69) is 11.2 Å². The van der Waals surface area contributed by atoms with E-state index in [1.807, 2.05) is 74.4 Å². The highest BCUT2D eigenvalue weighted by atomic mass is 16.5. The molecular weight excluding hydrogens is 338 g/mol. The van der Waals surface area contributed by atoms with E-state index >= 15 is 0 Å². The van der Waals surface area contributed by atoms with Crippen LogP contribution in [0.3, 0.4) is 0 Å². The van der Waals surface area contributed by atoms with Crippen molar-refractivity contribution < 1.29 is 9.53 Å². The van der Waals surface area contributed by atoms with Gasteiger partial charge in [0, 0.05) is 37.3 Å². The molecule has 5 nitrogen and oxygen atoms in total. The lowest BCUT2D eigenvalue weighted by Crippen LogP contribution is -2.36. The Morgan fingerprint density at radius 1 is 1.26 bits per heavy atom. The summed E-state index contributed by atoms with van der Waals surface area (Å²) in [5.41, 5.74) is 5.00. The lowest BCUT2D eigenvalue weighted by molar-refractivity contribution is 0.0730. The molecule has 0 saturated heterocycles. The van der Waals surface area contributed by atoms with E-state index < -0.39 is 0 Å². The molecule has 0 spiro atoms. The van der Waals surface area contributed by atoms with Gasteiger partial charge in [0.05, 0.1) is 12.7 Å². The van der Waals surface area contributed by atoms with Crippen LogP contribution in [0.5, 0.6) is 5.75 Å². The third kappa shape index (κ3) is 3.33. The topological polar surface area (TPSA) is 47.4 Å². The summed E-state index contributed by atoms with van der Waals surface area (Å²) in [6, 6.07) is 15.8. The molecule has 3 aromatic rings. The maximum absolute atomic E-state index is 12.9. The van der Waals surface area contributed by atoms with Gasteiger partial charge in [0.25, 0.3) is 5.91 Å². The minimum Gasteiger partial charge on any atom is -0.488 e. The summed E-state index contributed by atoms with van der Waals surface area (Å²) >= 11 is 0. The zero-order chi connectivity index (χ0) is 19.0. The molecule has 0 bridgehead atoms. The molecule has 2 heterocycles. The van der Waals surface area contributed by atoms with Crippen molar-refractivity contribution in [2.24, 2.45) is 7.05 Å². The fourth-order valence-corrected chi connectivity index (χ4v) is 3.57. The van der Waals surface area contributed by atoms with Crippen LogP contribution in [-0.2, 0) is 13.5 Å². The van der Waals surface area contributed by atoms with Gasteiger partial charge in [-0.15, -0.1) is 0 Å². The van der Waals surface area contributed by atoms with Crippen LogP contribution >= 0.6 is 0 Å². The van der Waals surface area contributed by atoms with Gasteiger partial charge in [-0.25, -0.2) is 0 Å². The van der Waals surface area contributed by atoms with Crippen LogP contribution in [0.1, 0.15) is 21.6 Å². The number of fused-ring (bicyclic) bond motifs is 1. The first-order chi connectivity index (χ1) is 13.0. The average Bonchev–Trinajstić information content (AvgIpc) is 3.24. The smallest absolute Gasteiger partial charge is 0.253 e. The molecule has 138 valence electrons. The Morgan fingerprint density at radius 2 is 2.07 bits per heavy atom. The van der Waals surface area contributed by atoms with Gasteiger partial charge in [-0.2, -0.15) is 5.10 Å². The maximum atomic E-state index is 12.9. The zero-order valence-electron chi connectivity index (χ0n) is 15.8. The lowest BCUT2D eigenvalue weighted by atomic mass is 10.0. The molecule has 1 aliphatic heterocycles. The number of nitrogens with zero attached hydrogens (tertiary/aromatic N) is 3. The summed E-state index contributed by atoms with van der Waals surface area (Å²) in [4.78, 5) is 14.7. The van der Waals surface area contributed by atoms with E-state index in [4.69, 9.17) is 4.74 Å². The molecule has 0 saturated carbocycles. The van der Waals surface area contributed by atoms with Crippen LogP contribution in [0.15, 0.2) is 54.7 Å².